The summed E-state index contributed by atoms with van der Waals surface area (Å²) in [6.45, 7) is 19.1. The highest BCUT2D eigenvalue weighted by Crippen LogP contribution is 2.06. The molecular weight excluding hydrogens is 309 g/mol. The standard InChI is InChI=1S/C14H22BN3O.C4H10.C2H6/c1-12(2)18-7-5-17(6-8-18)9-10-19-14-4-3-13(15)11-16-14;1-3-4-2;1-2/h3-4,11-12H,5-10H2,1-2H3;3-4H2,1-2H3;1-2H3. The van der Waals surface area contributed by atoms with E-state index < -0.39 is 0 Å². The van der Waals surface area contributed by atoms with Crippen molar-refractivity contribution in [3.8, 4) is 5.88 Å². The minimum absolute atomic E-state index is 0.648. The summed E-state index contributed by atoms with van der Waals surface area (Å²) in [5.74, 6) is 0.648. The Kier molecular flexibility index (Phi) is 14.6. The van der Waals surface area contributed by atoms with E-state index in [0.717, 1.165) is 32.7 Å². The topological polar surface area (TPSA) is 28.6 Å². The maximum atomic E-state index is 5.62. The molecule has 4 nitrogen and oxygen atoms in total. The van der Waals surface area contributed by atoms with Crippen LogP contribution < -0.4 is 10.2 Å². The summed E-state index contributed by atoms with van der Waals surface area (Å²) in [6, 6.07) is 4.27. The van der Waals surface area contributed by atoms with Crippen LogP contribution in [0.4, 0.5) is 0 Å². The van der Waals surface area contributed by atoms with E-state index in [1.807, 2.05) is 26.0 Å². The van der Waals surface area contributed by atoms with E-state index in [4.69, 9.17) is 12.6 Å². The number of rotatable bonds is 6. The van der Waals surface area contributed by atoms with Gasteiger partial charge in [0.15, 0.2) is 0 Å². The van der Waals surface area contributed by atoms with Crippen LogP contribution in [0.15, 0.2) is 18.3 Å². The molecule has 0 atom stereocenters. The molecule has 0 aliphatic carbocycles. The number of pyridine rings is 1. The van der Waals surface area contributed by atoms with Crippen molar-refractivity contribution in [2.75, 3.05) is 39.3 Å². The van der Waals surface area contributed by atoms with Crippen molar-refractivity contribution in [3.63, 3.8) is 0 Å². The van der Waals surface area contributed by atoms with Gasteiger partial charge in [-0.05, 0) is 19.9 Å². The van der Waals surface area contributed by atoms with Crippen LogP contribution >= 0.6 is 0 Å². The molecule has 1 fully saturated rings. The van der Waals surface area contributed by atoms with E-state index in [2.05, 4.69) is 42.5 Å². The second-order valence-corrected chi connectivity index (χ2v) is 6.25. The molecule has 2 heterocycles. The van der Waals surface area contributed by atoms with Gasteiger partial charge in [0.25, 0.3) is 0 Å². The summed E-state index contributed by atoms with van der Waals surface area (Å²) < 4.78 is 5.62. The molecule has 25 heavy (non-hydrogen) atoms. The SMILES string of the molecule is CC.CCCC.[B]c1ccc(OCCN2CCN(C(C)C)CC2)nc1. The zero-order chi connectivity index (χ0) is 19.1. The van der Waals surface area contributed by atoms with E-state index in [9.17, 15) is 0 Å². The van der Waals surface area contributed by atoms with E-state index >= 15 is 0 Å². The molecule has 1 saturated heterocycles. The Labute approximate surface area is 157 Å². The fraction of sp³-hybridized carbons (Fsp3) is 0.750. The Morgan fingerprint density at radius 2 is 1.68 bits per heavy atom. The van der Waals surface area contributed by atoms with Crippen LogP contribution in [0.1, 0.15) is 54.4 Å². The number of nitrogens with zero attached hydrogens (tertiary/aromatic N) is 3. The highest BCUT2D eigenvalue weighted by atomic mass is 16.5. The van der Waals surface area contributed by atoms with Crippen LogP contribution in [0.2, 0.25) is 0 Å². The van der Waals surface area contributed by atoms with Crippen molar-refractivity contribution in [2.24, 2.45) is 0 Å². The third-order valence-corrected chi connectivity index (χ3v) is 4.05. The average molecular weight is 347 g/mol. The molecule has 2 rings (SSSR count). The molecule has 0 spiro atoms. The van der Waals surface area contributed by atoms with Gasteiger partial charge < -0.3 is 4.74 Å². The Morgan fingerprint density at radius 3 is 2.12 bits per heavy atom. The predicted octanol–water partition coefficient (Wildman–Crippen LogP) is 3.11. The van der Waals surface area contributed by atoms with Gasteiger partial charge in [0.05, 0.1) is 0 Å². The summed E-state index contributed by atoms with van der Waals surface area (Å²) in [6.07, 6.45) is 4.26. The largest absolute Gasteiger partial charge is 0.476 e. The van der Waals surface area contributed by atoms with Crippen LogP contribution in [0.5, 0.6) is 5.88 Å². The molecule has 0 aromatic carbocycles. The number of aromatic nitrogens is 1. The molecule has 1 aromatic heterocycles. The Hall–Kier alpha value is -1.07. The molecule has 0 amide bonds. The molecule has 1 aliphatic heterocycles. The second-order valence-electron chi connectivity index (χ2n) is 6.25. The lowest BCUT2D eigenvalue weighted by Gasteiger charge is -2.36. The first kappa shape index (κ1) is 23.9. The normalized spacial score (nSPS) is 15.0. The number of hydrogen-bond donors (Lipinski definition) is 0. The molecule has 0 unspecified atom stereocenters. The van der Waals surface area contributed by atoms with Crippen LogP contribution in [0.25, 0.3) is 0 Å². The molecule has 0 N–H and O–H groups in total. The van der Waals surface area contributed by atoms with Crippen molar-refractivity contribution >= 4 is 13.3 Å². The van der Waals surface area contributed by atoms with Crippen LogP contribution in [0, 0.1) is 0 Å². The smallest absolute Gasteiger partial charge is 0.213 e. The minimum Gasteiger partial charge on any atom is -0.476 e. The predicted molar refractivity (Wildman–Crippen MR) is 110 cm³/mol. The molecule has 5 heteroatoms. The Balaban J connectivity index is 0.000000845. The number of hydrogen-bond acceptors (Lipinski definition) is 4. The zero-order valence-corrected chi connectivity index (χ0v) is 17.3. The van der Waals surface area contributed by atoms with Gasteiger partial charge in [-0.2, -0.15) is 0 Å². The summed E-state index contributed by atoms with van der Waals surface area (Å²) in [5.41, 5.74) is 0.664. The highest BCUT2D eigenvalue weighted by Gasteiger charge is 2.18. The zero-order valence-electron chi connectivity index (χ0n) is 17.3. The number of piperazine rings is 1. The summed E-state index contributed by atoms with van der Waals surface area (Å²) in [5, 5.41) is 0. The average Bonchev–Trinajstić information content (AvgIpc) is 2.65. The summed E-state index contributed by atoms with van der Waals surface area (Å²) in [7, 11) is 5.58. The lowest BCUT2D eigenvalue weighted by molar-refractivity contribution is 0.0965. The van der Waals surface area contributed by atoms with E-state index in [0.29, 0.717) is 24.0 Å². The minimum atomic E-state index is 0.648. The lowest BCUT2D eigenvalue weighted by atomic mass is 9.99. The summed E-state index contributed by atoms with van der Waals surface area (Å²) in [4.78, 5) is 9.08. The Bertz CT molecular complexity index is 402. The molecular formula is C20H38BN3O. The molecule has 142 valence electrons. The first-order chi connectivity index (χ1) is 12.1. The summed E-state index contributed by atoms with van der Waals surface area (Å²) >= 11 is 0. The number of unbranched alkanes of at least 4 members (excludes halogenated alkanes) is 1. The molecule has 1 aromatic rings. The van der Waals surface area contributed by atoms with E-state index in [-0.39, 0.29) is 0 Å². The van der Waals surface area contributed by atoms with Gasteiger partial charge in [-0.1, -0.05) is 52.1 Å². The van der Waals surface area contributed by atoms with E-state index in [1.54, 1.807) is 6.20 Å². The van der Waals surface area contributed by atoms with Gasteiger partial charge in [0.2, 0.25) is 5.88 Å². The molecule has 1 aliphatic rings. The van der Waals surface area contributed by atoms with Gasteiger partial charge in [-0.3, -0.25) is 9.80 Å². The molecule has 0 saturated carbocycles. The van der Waals surface area contributed by atoms with Gasteiger partial charge >= 0.3 is 0 Å². The third kappa shape index (κ3) is 11.2. The quantitative estimate of drug-likeness (QED) is 0.740. The molecule has 0 bridgehead atoms. The fourth-order valence-corrected chi connectivity index (χ4v) is 2.26. The van der Waals surface area contributed by atoms with Crippen molar-refractivity contribution in [1.29, 1.82) is 0 Å². The second kappa shape index (κ2) is 15.2. The van der Waals surface area contributed by atoms with Gasteiger partial charge in [-0.15, -0.1) is 0 Å². The third-order valence-electron chi connectivity index (χ3n) is 4.05. The fourth-order valence-electron chi connectivity index (χ4n) is 2.26. The maximum absolute atomic E-state index is 5.62. The van der Waals surface area contributed by atoms with Crippen molar-refractivity contribution in [2.45, 2.75) is 60.4 Å². The van der Waals surface area contributed by atoms with Crippen molar-refractivity contribution in [1.82, 2.24) is 14.8 Å². The van der Waals surface area contributed by atoms with Crippen LogP contribution in [-0.4, -0.2) is 68.0 Å². The number of ether oxygens (including phenoxy) is 1. The van der Waals surface area contributed by atoms with Crippen LogP contribution in [-0.2, 0) is 0 Å². The van der Waals surface area contributed by atoms with Gasteiger partial charge in [0, 0.05) is 45.0 Å². The highest BCUT2D eigenvalue weighted by molar-refractivity contribution is 6.32. The van der Waals surface area contributed by atoms with Crippen molar-refractivity contribution in [3.05, 3.63) is 18.3 Å². The first-order valence-corrected chi connectivity index (χ1v) is 9.87. The maximum Gasteiger partial charge on any atom is 0.213 e. The van der Waals surface area contributed by atoms with Crippen LogP contribution in [0.3, 0.4) is 0 Å². The van der Waals surface area contributed by atoms with Crippen molar-refractivity contribution < 1.29 is 4.74 Å². The molecule has 2 radical (unpaired) electrons. The Morgan fingerprint density at radius 1 is 1.08 bits per heavy atom. The monoisotopic (exact) mass is 347 g/mol. The van der Waals surface area contributed by atoms with Gasteiger partial charge in [0.1, 0.15) is 14.5 Å². The van der Waals surface area contributed by atoms with Gasteiger partial charge in [-0.25, -0.2) is 4.98 Å². The first-order valence-electron chi connectivity index (χ1n) is 9.87. The lowest BCUT2D eigenvalue weighted by Crippen LogP contribution is -2.49. The van der Waals surface area contributed by atoms with E-state index in [1.165, 1.54) is 12.8 Å².